The lowest BCUT2D eigenvalue weighted by Crippen LogP contribution is -2.33. The smallest absolute Gasteiger partial charge is 0.159 e. The molecule has 0 saturated heterocycles. The molecule has 0 aliphatic carbocycles. The summed E-state index contributed by atoms with van der Waals surface area (Å²) in [5, 5.41) is 9.09. The van der Waals surface area contributed by atoms with E-state index in [4.69, 9.17) is 19.4 Å². The van der Waals surface area contributed by atoms with Gasteiger partial charge in [0.05, 0.1) is 11.2 Å². The first kappa shape index (κ1) is 29.1. The number of aliphatic imine (C=N–C) groups is 2. The lowest BCUT2D eigenvalue weighted by molar-refractivity contribution is 0.669. The summed E-state index contributed by atoms with van der Waals surface area (Å²) in [6.07, 6.45) is -0.260. The molecule has 0 spiro atoms. The Kier molecular flexibility index (Phi) is 6.81. The Bertz CT molecular complexity index is 2820. The summed E-state index contributed by atoms with van der Waals surface area (Å²) in [6, 6.07) is 58.6. The molecule has 0 radical (unpaired) electrons. The van der Waals surface area contributed by atoms with Crippen LogP contribution in [-0.4, -0.2) is 16.7 Å². The maximum Gasteiger partial charge on any atom is 0.159 e. The Morgan fingerprint density at radius 2 is 1.14 bits per heavy atom. The molecule has 0 fully saturated rings. The third-order valence-electron chi connectivity index (χ3n) is 9.70. The standard InChI is InChI=1S/C46H30N4O/c1-4-13-29(14-5-1)43-36-24-26-40-42(41(36)35-21-10-11-22-38(35)47-43)37-28-33(23-25-39(37)51-40)32-19-12-20-34(27-32)46-49-44(30-15-6-2-7-16-30)48-45(50-46)31-17-8-3-9-18-31/h1-28,44H,(H,48,49,50). The molecule has 1 atom stereocenters. The quantitative estimate of drug-likeness (QED) is 0.188. The highest BCUT2D eigenvalue weighted by atomic mass is 16.3. The van der Waals surface area contributed by atoms with Gasteiger partial charge in [-0.1, -0.05) is 133 Å². The van der Waals surface area contributed by atoms with Gasteiger partial charge in [0.2, 0.25) is 0 Å². The zero-order chi connectivity index (χ0) is 33.7. The largest absolute Gasteiger partial charge is 0.456 e. The molecule has 2 aromatic heterocycles. The van der Waals surface area contributed by atoms with Gasteiger partial charge in [-0.3, -0.25) is 0 Å². The Labute approximate surface area is 294 Å². The van der Waals surface area contributed by atoms with Crippen molar-refractivity contribution in [2.24, 2.45) is 9.98 Å². The Morgan fingerprint density at radius 3 is 1.96 bits per heavy atom. The van der Waals surface area contributed by atoms with Crippen LogP contribution in [0, 0.1) is 0 Å². The Balaban J connectivity index is 1.14. The van der Waals surface area contributed by atoms with Crippen LogP contribution in [0.3, 0.4) is 0 Å². The van der Waals surface area contributed by atoms with Crippen molar-refractivity contribution < 1.29 is 4.42 Å². The number of pyridine rings is 1. The lowest BCUT2D eigenvalue weighted by Gasteiger charge is -2.23. The first-order valence-corrected chi connectivity index (χ1v) is 17.1. The first-order chi connectivity index (χ1) is 25.3. The second kappa shape index (κ2) is 11.9. The molecule has 0 saturated carbocycles. The topological polar surface area (TPSA) is 62.8 Å². The highest BCUT2D eigenvalue weighted by Crippen LogP contribution is 2.42. The second-order valence-electron chi connectivity index (χ2n) is 12.8. The van der Waals surface area contributed by atoms with Gasteiger partial charge in [0, 0.05) is 43.6 Å². The Hall–Kier alpha value is -6.85. The van der Waals surface area contributed by atoms with Gasteiger partial charge < -0.3 is 9.73 Å². The van der Waals surface area contributed by atoms with Crippen LogP contribution in [-0.2, 0) is 0 Å². The van der Waals surface area contributed by atoms with Crippen LogP contribution in [0.15, 0.2) is 184 Å². The number of hydrogen-bond donors (Lipinski definition) is 1. The maximum atomic E-state index is 6.51. The van der Waals surface area contributed by atoms with E-state index in [-0.39, 0.29) is 6.17 Å². The SMILES string of the molecule is c1ccc(C2=NC(c3cccc(-c4ccc5oc6ccc7c(-c8ccccc8)nc8ccccc8c7c6c5c4)c3)=NC(c3ccccc3)N2)cc1. The third kappa shape index (κ3) is 5.06. The minimum Gasteiger partial charge on any atom is -0.456 e. The van der Waals surface area contributed by atoms with E-state index in [9.17, 15) is 0 Å². The molecule has 5 nitrogen and oxygen atoms in total. The molecule has 3 heterocycles. The second-order valence-corrected chi connectivity index (χ2v) is 12.8. The van der Waals surface area contributed by atoms with Crippen LogP contribution in [0.4, 0.5) is 0 Å². The summed E-state index contributed by atoms with van der Waals surface area (Å²) in [4.78, 5) is 15.3. The predicted molar refractivity (Wildman–Crippen MR) is 209 cm³/mol. The van der Waals surface area contributed by atoms with Crippen LogP contribution < -0.4 is 5.32 Å². The molecule has 1 N–H and O–H groups in total. The van der Waals surface area contributed by atoms with Gasteiger partial charge in [0.1, 0.15) is 23.2 Å². The number of para-hydroxylation sites is 1. The number of aromatic nitrogens is 1. The molecule has 10 rings (SSSR count). The van der Waals surface area contributed by atoms with Gasteiger partial charge in [0.25, 0.3) is 0 Å². The van der Waals surface area contributed by atoms with Crippen LogP contribution in [0.2, 0.25) is 0 Å². The van der Waals surface area contributed by atoms with Crippen molar-refractivity contribution in [3.8, 4) is 22.4 Å². The van der Waals surface area contributed by atoms with E-state index < -0.39 is 0 Å². The van der Waals surface area contributed by atoms with E-state index in [1.165, 1.54) is 0 Å². The van der Waals surface area contributed by atoms with Crippen molar-refractivity contribution in [3.05, 3.63) is 187 Å². The predicted octanol–water partition coefficient (Wildman–Crippen LogP) is 11.1. The number of fused-ring (bicyclic) bond motifs is 7. The summed E-state index contributed by atoms with van der Waals surface area (Å²) >= 11 is 0. The molecule has 0 bridgehead atoms. The zero-order valence-electron chi connectivity index (χ0n) is 27.5. The van der Waals surface area contributed by atoms with Crippen LogP contribution in [0.1, 0.15) is 22.9 Å². The van der Waals surface area contributed by atoms with Crippen molar-refractivity contribution in [2.75, 3.05) is 0 Å². The number of hydrogen-bond acceptors (Lipinski definition) is 5. The molecule has 7 aromatic carbocycles. The minimum absolute atomic E-state index is 0.260. The number of amidine groups is 2. The molecule has 1 aliphatic rings. The van der Waals surface area contributed by atoms with E-state index >= 15 is 0 Å². The molecule has 1 unspecified atom stereocenters. The fourth-order valence-corrected chi connectivity index (χ4v) is 7.27. The van der Waals surface area contributed by atoms with Crippen molar-refractivity contribution in [3.63, 3.8) is 0 Å². The van der Waals surface area contributed by atoms with Gasteiger partial charge in [-0.25, -0.2) is 15.0 Å². The molecular formula is C46H30N4O. The number of benzene rings is 7. The Morgan fingerprint density at radius 1 is 0.471 bits per heavy atom. The van der Waals surface area contributed by atoms with Crippen LogP contribution >= 0.6 is 0 Å². The summed E-state index contributed by atoms with van der Waals surface area (Å²) in [5.41, 5.74) is 9.95. The van der Waals surface area contributed by atoms with Gasteiger partial charge in [-0.15, -0.1) is 0 Å². The van der Waals surface area contributed by atoms with Crippen molar-refractivity contribution >= 4 is 55.3 Å². The summed E-state index contributed by atoms with van der Waals surface area (Å²) in [7, 11) is 0. The first-order valence-electron chi connectivity index (χ1n) is 17.1. The van der Waals surface area contributed by atoms with E-state index in [0.29, 0.717) is 5.84 Å². The van der Waals surface area contributed by atoms with Gasteiger partial charge in [-0.05, 0) is 53.1 Å². The van der Waals surface area contributed by atoms with Gasteiger partial charge >= 0.3 is 0 Å². The van der Waals surface area contributed by atoms with Gasteiger partial charge in [-0.2, -0.15) is 0 Å². The fourth-order valence-electron chi connectivity index (χ4n) is 7.27. The number of rotatable bonds is 5. The van der Waals surface area contributed by atoms with Crippen molar-refractivity contribution in [1.82, 2.24) is 10.3 Å². The summed E-state index contributed by atoms with van der Waals surface area (Å²) < 4.78 is 6.51. The number of furan rings is 1. The number of nitrogens with zero attached hydrogens (tertiary/aromatic N) is 3. The average molecular weight is 655 g/mol. The average Bonchev–Trinajstić information content (AvgIpc) is 3.59. The molecule has 5 heteroatoms. The molecular weight excluding hydrogens is 625 g/mol. The van der Waals surface area contributed by atoms with Gasteiger partial charge in [0.15, 0.2) is 5.84 Å². The number of nitrogens with one attached hydrogen (secondary N) is 1. The van der Waals surface area contributed by atoms with E-state index in [1.54, 1.807) is 0 Å². The van der Waals surface area contributed by atoms with E-state index in [2.05, 4.69) is 133 Å². The molecule has 9 aromatic rings. The zero-order valence-corrected chi connectivity index (χ0v) is 27.5. The van der Waals surface area contributed by atoms with Crippen LogP contribution in [0.25, 0.3) is 66.0 Å². The monoisotopic (exact) mass is 654 g/mol. The molecule has 0 amide bonds. The van der Waals surface area contributed by atoms with Crippen LogP contribution in [0.5, 0.6) is 0 Å². The lowest BCUT2D eigenvalue weighted by atomic mass is 9.95. The van der Waals surface area contributed by atoms with Crippen molar-refractivity contribution in [1.29, 1.82) is 0 Å². The molecule has 51 heavy (non-hydrogen) atoms. The van der Waals surface area contributed by atoms with Crippen molar-refractivity contribution in [2.45, 2.75) is 6.17 Å². The highest BCUT2D eigenvalue weighted by molar-refractivity contribution is 6.28. The molecule has 240 valence electrons. The highest BCUT2D eigenvalue weighted by Gasteiger charge is 2.22. The van der Waals surface area contributed by atoms with E-state index in [0.717, 1.165) is 88.5 Å². The summed E-state index contributed by atoms with van der Waals surface area (Å²) in [5.74, 6) is 1.49. The third-order valence-corrected chi connectivity index (χ3v) is 9.70. The summed E-state index contributed by atoms with van der Waals surface area (Å²) in [6.45, 7) is 0. The molecule has 1 aliphatic heterocycles. The fraction of sp³-hybridized carbons (Fsp3) is 0.0217. The van der Waals surface area contributed by atoms with E-state index in [1.807, 2.05) is 42.5 Å². The minimum atomic E-state index is -0.260. The normalized spacial score (nSPS) is 14.5. The maximum absolute atomic E-state index is 6.51.